The van der Waals surface area contributed by atoms with Gasteiger partial charge in [0, 0.05) is 36.4 Å². The van der Waals surface area contributed by atoms with Gasteiger partial charge >= 0.3 is 0 Å². The van der Waals surface area contributed by atoms with Crippen molar-refractivity contribution >= 4 is 51.5 Å². The van der Waals surface area contributed by atoms with Crippen LogP contribution in [0.2, 0.25) is 0 Å². The van der Waals surface area contributed by atoms with Gasteiger partial charge in [-0.2, -0.15) is 11.8 Å². The Bertz CT molecular complexity index is 688. The Kier molecular flexibility index (Phi) is 8.53. The van der Waals surface area contributed by atoms with Gasteiger partial charge in [-0.15, -0.1) is 24.0 Å². The van der Waals surface area contributed by atoms with E-state index in [-0.39, 0.29) is 28.7 Å². The first-order valence-corrected chi connectivity index (χ1v) is 11.1. The molecule has 1 aromatic rings. The molecule has 1 aromatic carbocycles. The van der Waals surface area contributed by atoms with Crippen molar-refractivity contribution in [3.8, 4) is 0 Å². The number of hydrogen-bond donors (Lipinski definition) is 1. The maximum absolute atomic E-state index is 11.5. The van der Waals surface area contributed by atoms with Gasteiger partial charge in [0.1, 0.15) is 0 Å². The topological polar surface area (TPSA) is 61.8 Å². The van der Waals surface area contributed by atoms with Crippen LogP contribution in [0.5, 0.6) is 0 Å². The van der Waals surface area contributed by atoms with E-state index < -0.39 is 9.84 Å². The highest BCUT2D eigenvalue weighted by Gasteiger charge is 2.28. The summed E-state index contributed by atoms with van der Waals surface area (Å²) < 4.78 is 23.3. The van der Waals surface area contributed by atoms with E-state index in [1.165, 1.54) is 6.26 Å². The molecule has 0 aliphatic carbocycles. The molecule has 0 aromatic heterocycles. The fourth-order valence-electron chi connectivity index (χ4n) is 2.63. The first kappa shape index (κ1) is 22.6. The number of hydrogen-bond acceptors (Lipinski definition) is 4. The second-order valence-corrected chi connectivity index (χ2v) is 10.4. The molecular weight excluding hydrogens is 469 g/mol. The van der Waals surface area contributed by atoms with Crippen LogP contribution in [-0.4, -0.2) is 55.7 Å². The number of sulfone groups is 1. The van der Waals surface area contributed by atoms with E-state index >= 15 is 0 Å². The van der Waals surface area contributed by atoms with Gasteiger partial charge in [-0.3, -0.25) is 0 Å². The Morgan fingerprint density at radius 3 is 2.48 bits per heavy atom. The van der Waals surface area contributed by atoms with Crippen molar-refractivity contribution in [1.82, 2.24) is 10.2 Å². The van der Waals surface area contributed by atoms with Gasteiger partial charge in [0.05, 0.1) is 11.4 Å². The molecule has 142 valence electrons. The monoisotopic (exact) mass is 497 g/mol. The summed E-state index contributed by atoms with van der Waals surface area (Å²) in [5, 5.41) is 3.37. The Balaban J connectivity index is 0.00000312. The smallest absolute Gasteiger partial charge is 0.194 e. The number of thioether (sulfide) groups is 1. The van der Waals surface area contributed by atoms with Crippen molar-refractivity contribution in [3.05, 3.63) is 29.8 Å². The van der Waals surface area contributed by atoms with Crippen molar-refractivity contribution in [1.29, 1.82) is 0 Å². The molecule has 1 N–H and O–H groups in total. The molecule has 5 nitrogen and oxygen atoms in total. The van der Waals surface area contributed by atoms with E-state index in [0.29, 0.717) is 11.4 Å². The molecule has 0 spiro atoms. The van der Waals surface area contributed by atoms with Crippen molar-refractivity contribution in [2.45, 2.75) is 37.0 Å². The zero-order valence-electron chi connectivity index (χ0n) is 15.3. The summed E-state index contributed by atoms with van der Waals surface area (Å²) in [6.45, 7) is 9.92. The lowest BCUT2D eigenvalue weighted by atomic mass is 10.2. The quantitative estimate of drug-likeness (QED) is 0.394. The molecule has 8 heteroatoms. The lowest BCUT2D eigenvalue weighted by Crippen LogP contribution is -2.50. The molecule has 0 unspecified atom stereocenters. The van der Waals surface area contributed by atoms with E-state index in [9.17, 15) is 8.42 Å². The van der Waals surface area contributed by atoms with Gasteiger partial charge in [0.15, 0.2) is 15.8 Å². The summed E-state index contributed by atoms with van der Waals surface area (Å²) in [5.41, 5.74) is 1.00. The molecule has 2 rings (SSSR count). The highest BCUT2D eigenvalue weighted by Crippen LogP contribution is 2.29. The van der Waals surface area contributed by atoms with Crippen molar-refractivity contribution in [2.75, 3.05) is 31.6 Å². The molecule has 1 saturated heterocycles. The van der Waals surface area contributed by atoms with Crippen LogP contribution in [0.1, 0.15) is 26.3 Å². The number of halogens is 1. The second-order valence-electron chi connectivity index (χ2n) is 6.62. The van der Waals surface area contributed by atoms with Crippen LogP contribution in [0.15, 0.2) is 34.2 Å². The predicted molar refractivity (Wildman–Crippen MR) is 118 cm³/mol. The molecule has 1 aliphatic rings. The normalized spacial score (nSPS) is 17.8. The number of guanidine groups is 1. The fourth-order valence-corrected chi connectivity index (χ4v) is 4.37. The van der Waals surface area contributed by atoms with Gasteiger partial charge in [-0.1, -0.05) is 12.1 Å². The number of aliphatic imine (C=N–C) groups is 1. The minimum absolute atomic E-state index is 0. The first-order chi connectivity index (χ1) is 11.2. The zero-order chi connectivity index (χ0) is 17.8. The number of benzene rings is 1. The molecule has 1 heterocycles. The van der Waals surface area contributed by atoms with Crippen LogP contribution in [0, 0.1) is 0 Å². The third-order valence-electron chi connectivity index (χ3n) is 3.82. The number of nitrogens with zero attached hydrogens (tertiary/aromatic N) is 2. The summed E-state index contributed by atoms with van der Waals surface area (Å²) in [6.07, 6.45) is 1.22. The summed E-state index contributed by atoms with van der Waals surface area (Å²) in [4.78, 5) is 7.39. The van der Waals surface area contributed by atoms with Crippen LogP contribution in [0.25, 0.3) is 0 Å². The minimum Gasteiger partial charge on any atom is -0.357 e. The van der Waals surface area contributed by atoms with Crippen molar-refractivity contribution < 1.29 is 8.42 Å². The standard InChI is InChI=1S/C17H27N3O2S2.HI/c1-5-18-16(20-10-11-23-17(2,3)13-20)19-12-14-6-8-15(9-7-14)24(4,21)22;/h6-9H,5,10-13H2,1-4H3,(H,18,19);1H. The van der Waals surface area contributed by atoms with E-state index in [2.05, 4.69) is 31.0 Å². The van der Waals surface area contributed by atoms with Crippen LogP contribution in [0.4, 0.5) is 0 Å². The first-order valence-electron chi connectivity index (χ1n) is 8.17. The molecule has 0 bridgehead atoms. The summed E-state index contributed by atoms with van der Waals surface area (Å²) in [5.74, 6) is 2.03. The predicted octanol–water partition coefficient (Wildman–Crippen LogP) is 3.00. The van der Waals surface area contributed by atoms with E-state index in [1.54, 1.807) is 12.1 Å². The zero-order valence-corrected chi connectivity index (χ0v) is 19.2. The highest BCUT2D eigenvalue weighted by atomic mass is 127. The average molecular weight is 497 g/mol. The van der Waals surface area contributed by atoms with E-state index in [0.717, 1.165) is 36.9 Å². The lowest BCUT2D eigenvalue weighted by molar-refractivity contribution is 0.376. The van der Waals surface area contributed by atoms with Crippen molar-refractivity contribution in [3.63, 3.8) is 0 Å². The Hall–Kier alpha value is -0.480. The average Bonchev–Trinajstić information content (AvgIpc) is 2.50. The van der Waals surface area contributed by atoms with Crippen LogP contribution >= 0.6 is 35.7 Å². The summed E-state index contributed by atoms with van der Waals surface area (Å²) >= 11 is 2.00. The molecule has 1 fully saturated rings. The largest absolute Gasteiger partial charge is 0.357 e. The van der Waals surface area contributed by atoms with E-state index in [1.807, 2.05) is 23.9 Å². The molecule has 0 saturated carbocycles. The van der Waals surface area contributed by atoms with Gasteiger partial charge in [-0.25, -0.2) is 13.4 Å². The summed E-state index contributed by atoms with van der Waals surface area (Å²) in [6, 6.07) is 6.96. The SMILES string of the molecule is CCNC(=NCc1ccc(S(C)(=O)=O)cc1)N1CCSC(C)(C)C1.I. The minimum atomic E-state index is -3.15. The van der Waals surface area contributed by atoms with Gasteiger partial charge in [0.2, 0.25) is 0 Å². The maximum Gasteiger partial charge on any atom is 0.194 e. The Morgan fingerprint density at radius 2 is 1.96 bits per heavy atom. The maximum atomic E-state index is 11.5. The lowest BCUT2D eigenvalue weighted by Gasteiger charge is -2.39. The Morgan fingerprint density at radius 1 is 1.32 bits per heavy atom. The molecule has 0 amide bonds. The third kappa shape index (κ3) is 6.97. The molecule has 0 radical (unpaired) electrons. The third-order valence-corrected chi connectivity index (χ3v) is 6.25. The number of rotatable bonds is 4. The van der Waals surface area contributed by atoms with Crippen LogP contribution in [-0.2, 0) is 16.4 Å². The number of nitrogens with one attached hydrogen (secondary N) is 1. The van der Waals surface area contributed by atoms with Gasteiger partial charge < -0.3 is 10.2 Å². The fraction of sp³-hybridized carbons (Fsp3) is 0.588. The van der Waals surface area contributed by atoms with Crippen LogP contribution < -0.4 is 5.32 Å². The highest BCUT2D eigenvalue weighted by molar-refractivity contribution is 14.0. The second kappa shape index (κ2) is 9.45. The van der Waals surface area contributed by atoms with Gasteiger partial charge in [0.25, 0.3) is 0 Å². The van der Waals surface area contributed by atoms with Crippen LogP contribution in [0.3, 0.4) is 0 Å². The molecule has 1 aliphatic heterocycles. The van der Waals surface area contributed by atoms with E-state index in [4.69, 9.17) is 4.99 Å². The summed E-state index contributed by atoms with van der Waals surface area (Å²) in [7, 11) is -3.15. The Labute approximate surface area is 173 Å². The van der Waals surface area contributed by atoms with Crippen molar-refractivity contribution in [2.24, 2.45) is 4.99 Å². The molecule has 0 atom stereocenters. The van der Waals surface area contributed by atoms with Gasteiger partial charge in [-0.05, 0) is 38.5 Å². The molecule has 25 heavy (non-hydrogen) atoms. The molecular formula is C17H28IN3O2S2.